The van der Waals surface area contributed by atoms with E-state index in [1.54, 1.807) is 15.6 Å². The van der Waals surface area contributed by atoms with E-state index < -0.39 is 12.0 Å². The molecule has 0 aliphatic carbocycles. The van der Waals surface area contributed by atoms with Gasteiger partial charge in [-0.3, -0.25) is 9.48 Å². The summed E-state index contributed by atoms with van der Waals surface area (Å²) in [6, 6.07) is 8.99. The third-order valence-electron chi connectivity index (χ3n) is 4.94. The van der Waals surface area contributed by atoms with Gasteiger partial charge in [-0.2, -0.15) is 5.10 Å². The highest BCUT2D eigenvalue weighted by molar-refractivity contribution is 5.88. The van der Waals surface area contributed by atoms with Crippen LogP contribution < -0.4 is 5.73 Å². The van der Waals surface area contributed by atoms with Crippen molar-refractivity contribution in [3.8, 4) is 0 Å². The summed E-state index contributed by atoms with van der Waals surface area (Å²) < 4.78 is 6.44. The lowest BCUT2D eigenvalue weighted by Gasteiger charge is -2.29. The summed E-state index contributed by atoms with van der Waals surface area (Å²) >= 11 is 0. The fourth-order valence-electron chi connectivity index (χ4n) is 3.52. The smallest absolute Gasteiger partial charge is 0.358 e. The van der Waals surface area contributed by atoms with E-state index >= 15 is 0 Å². The standard InChI is InChI=1S/C19H21N5O3/c1-27-19(26)17-9-13-11-23(6-7-24(13)22-17)18(25)15(20)8-12-10-21-16-5-3-2-4-14(12)16/h2-5,9-10,15,21H,6-8,11,20H2,1H3/t15-/m1/s1. The Balaban J connectivity index is 1.46. The number of hydrogen-bond acceptors (Lipinski definition) is 5. The minimum Gasteiger partial charge on any atom is -0.464 e. The van der Waals surface area contributed by atoms with E-state index in [9.17, 15) is 9.59 Å². The first-order valence-corrected chi connectivity index (χ1v) is 8.81. The topological polar surface area (TPSA) is 106 Å². The van der Waals surface area contributed by atoms with Crippen LogP contribution in [-0.4, -0.2) is 51.2 Å². The van der Waals surface area contributed by atoms with Gasteiger partial charge in [0.05, 0.1) is 31.9 Å². The van der Waals surface area contributed by atoms with Gasteiger partial charge in [0.2, 0.25) is 5.91 Å². The van der Waals surface area contributed by atoms with Gasteiger partial charge < -0.3 is 20.4 Å². The molecule has 0 spiro atoms. The number of nitrogens with zero attached hydrogens (tertiary/aromatic N) is 3. The molecule has 2 aromatic heterocycles. The van der Waals surface area contributed by atoms with Gasteiger partial charge in [-0.15, -0.1) is 0 Å². The van der Waals surface area contributed by atoms with Crippen LogP contribution in [0.4, 0.5) is 0 Å². The number of carbonyl (C=O) groups excluding carboxylic acids is 2. The van der Waals surface area contributed by atoms with E-state index in [0.29, 0.717) is 26.1 Å². The van der Waals surface area contributed by atoms with Crippen molar-refractivity contribution in [1.82, 2.24) is 19.7 Å². The second-order valence-electron chi connectivity index (χ2n) is 6.67. The fourth-order valence-corrected chi connectivity index (χ4v) is 3.52. The first-order valence-electron chi connectivity index (χ1n) is 8.81. The summed E-state index contributed by atoms with van der Waals surface area (Å²) in [5.74, 6) is -0.585. The van der Waals surface area contributed by atoms with Crippen LogP contribution >= 0.6 is 0 Å². The lowest BCUT2D eigenvalue weighted by atomic mass is 10.0. The summed E-state index contributed by atoms with van der Waals surface area (Å²) in [6.45, 7) is 1.41. The summed E-state index contributed by atoms with van der Waals surface area (Å²) in [6.07, 6.45) is 2.37. The normalized spacial score (nSPS) is 14.8. The van der Waals surface area contributed by atoms with Gasteiger partial charge >= 0.3 is 5.97 Å². The van der Waals surface area contributed by atoms with Crippen molar-refractivity contribution < 1.29 is 14.3 Å². The Morgan fingerprint density at radius 2 is 2.15 bits per heavy atom. The molecular formula is C19H21N5O3. The first-order chi connectivity index (χ1) is 13.1. The summed E-state index contributed by atoms with van der Waals surface area (Å²) in [7, 11) is 1.32. The zero-order valence-electron chi connectivity index (χ0n) is 15.0. The van der Waals surface area contributed by atoms with E-state index in [-0.39, 0.29) is 11.6 Å². The van der Waals surface area contributed by atoms with Crippen molar-refractivity contribution in [2.24, 2.45) is 5.73 Å². The van der Waals surface area contributed by atoms with E-state index in [1.807, 2.05) is 30.5 Å². The number of H-pyrrole nitrogens is 1. The molecule has 1 aliphatic heterocycles. The number of aromatic nitrogens is 3. The first kappa shape index (κ1) is 17.3. The number of ether oxygens (including phenoxy) is 1. The number of carbonyl (C=O) groups is 2. The number of amides is 1. The highest BCUT2D eigenvalue weighted by Crippen LogP contribution is 2.20. The van der Waals surface area contributed by atoms with Gasteiger partial charge in [-0.1, -0.05) is 18.2 Å². The molecule has 27 heavy (non-hydrogen) atoms. The molecule has 0 unspecified atom stereocenters. The Morgan fingerprint density at radius 3 is 2.96 bits per heavy atom. The number of fused-ring (bicyclic) bond motifs is 2. The SMILES string of the molecule is COC(=O)c1cc2n(n1)CCN(C(=O)[C@H](N)Cc1c[nH]c3ccccc13)C2. The van der Waals surface area contributed by atoms with Crippen molar-refractivity contribution in [3.05, 3.63) is 53.5 Å². The number of esters is 1. The fraction of sp³-hybridized carbons (Fsp3) is 0.316. The lowest BCUT2D eigenvalue weighted by molar-refractivity contribution is -0.134. The van der Waals surface area contributed by atoms with Gasteiger partial charge in [0.25, 0.3) is 0 Å². The Labute approximate surface area is 155 Å². The van der Waals surface area contributed by atoms with E-state index in [0.717, 1.165) is 22.2 Å². The van der Waals surface area contributed by atoms with Crippen LogP contribution in [0, 0.1) is 0 Å². The highest BCUT2D eigenvalue weighted by atomic mass is 16.5. The maximum atomic E-state index is 12.8. The van der Waals surface area contributed by atoms with Gasteiger partial charge in [0.15, 0.2) is 5.69 Å². The van der Waals surface area contributed by atoms with Gasteiger partial charge in [0.1, 0.15) is 0 Å². The molecule has 3 N–H and O–H groups in total. The zero-order chi connectivity index (χ0) is 19.0. The zero-order valence-corrected chi connectivity index (χ0v) is 15.0. The number of methoxy groups -OCH3 is 1. The minimum atomic E-state index is -0.626. The van der Waals surface area contributed by atoms with Crippen molar-refractivity contribution in [2.75, 3.05) is 13.7 Å². The number of benzene rings is 1. The van der Waals surface area contributed by atoms with Crippen LogP contribution in [-0.2, 0) is 29.0 Å². The summed E-state index contributed by atoms with van der Waals surface area (Å²) in [5, 5.41) is 5.31. The molecule has 3 aromatic rings. The molecule has 140 valence electrons. The number of hydrogen-bond donors (Lipinski definition) is 2. The highest BCUT2D eigenvalue weighted by Gasteiger charge is 2.27. The molecule has 8 nitrogen and oxygen atoms in total. The van der Waals surface area contributed by atoms with Crippen molar-refractivity contribution >= 4 is 22.8 Å². The molecule has 0 radical (unpaired) electrons. The van der Waals surface area contributed by atoms with Gasteiger partial charge in [-0.05, 0) is 24.1 Å². The monoisotopic (exact) mass is 367 g/mol. The molecular weight excluding hydrogens is 346 g/mol. The van der Waals surface area contributed by atoms with Crippen LogP contribution in [0.15, 0.2) is 36.5 Å². The summed E-state index contributed by atoms with van der Waals surface area (Å²) in [5.41, 5.74) is 9.34. The van der Waals surface area contributed by atoms with Crippen LogP contribution in [0.1, 0.15) is 21.7 Å². The molecule has 0 fully saturated rings. The molecule has 1 atom stereocenters. The van der Waals surface area contributed by atoms with E-state index in [1.165, 1.54) is 7.11 Å². The minimum absolute atomic E-state index is 0.104. The quantitative estimate of drug-likeness (QED) is 0.671. The molecule has 1 aromatic carbocycles. The number of para-hydroxylation sites is 1. The Hall–Kier alpha value is -3.13. The number of nitrogens with two attached hydrogens (primary N) is 1. The van der Waals surface area contributed by atoms with E-state index in [2.05, 4.69) is 10.1 Å². The number of nitrogens with one attached hydrogen (secondary N) is 1. The number of rotatable bonds is 4. The molecule has 4 rings (SSSR count). The molecule has 3 heterocycles. The molecule has 0 saturated carbocycles. The van der Waals surface area contributed by atoms with Gasteiger partial charge in [-0.25, -0.2) is 4.79 Å². The van der Waals surface area contributed by atoms with E-state index in [4.69, 9.17) is 10.5 Å². The Morgan fingerprint density at radius 1 is 1.33 bits per heavy atom. The third kappa shape index (κ3) is 3.19. The van der Waals surface area contributed by atoms with Gasteiger partial charge in [0, 0.05) is 23.6 Å². The van der Waals surface area contributed by atoms with Crippen molar-refractivity contribution in [2.45, 2.75) is 25.6 Å². The van der Waals surface area contributed by atoms with Crippen LogP contribution in [0.2, 0.25) is 0 Å². The maximum Gasteiger partial charge on any atom is 0.358 e. The second kappa shape index (κ2) is 6.88. The maximum absolute atomic E-state index is 12.8. The average molecular weight is 367 g/mol. The molecule has 1 aliphatic rings. The molecule has 0 saturated heterocycles. The van der Waals surface area contributed by atoms with Crippen LogP contribution in [0.5, 0.6) is 0 Å². The van der Waals surface area contributed by atoms with Crippen molar-refractivity contribution in [3.63, 3.8) is 0 Å². The third-order valence-corrected chi connectivity index (χ3v) is 4.94. The predicted octanol–water partition coefficient (Wildman–Crippen LogP) is 1.06. The van der Waals surface area contributed by atoms with Crippen LogP contribution in [0.3, 0.4) is 0 Å². The predicted molar refractivity (Wildman–Crippen MR) is 99.0 cm³/mol. The molecule has 1 amide bonds. The van der Waals surface area contributed by atoms with Crippen molar-refractivity contribution in [1.29, 1.82) is 0 Å². The Kier molecular flexibility index (Phi) is 4.41. The second-order valence-corrected chi connectivity index (χ2v) is 6.67. The van der Waals surface area contributed by atoms with Crippen LogP contribution in [0.25, 0.3) is 10.9 Å². The Bertz CT molecular complexity index is 1010. The molecule has 0 bridgehead atoms. The lowest BCUT2D eigenvalue weighted by Crippen LogP contribution is -2.47. The number of aromatic amines is 1. The molecule has 8 heteroatoms. The average Bonchev–Trinajstić information content (AvgIpc) is 3.30. The largest absolute Gasteiger partial charge is 0.464 e. The summed E-state index contributed by atoms with van der Waals surface area (Å²) in [4.78, 5) is 29.4.